The molecule has 2 atom stereocenters. The predicted molar refractivity (Wildman–Crippen MR) is 89.9 cm³/mol. The van der Waals surface area contributed by atoms with Crippen molar-refractivity contribution in [3.63, 3.8) is 0 Å². The van der Waals surface area contributed by atoms with Crippen LogP contribution in [0.4, 0.5) is 11.4 Å². The maximum absolute atomic E-state index is 12.4. The SMILES string of the molecule is CC(=O)N1CCCc2cc(NC(=O)[C@@H]3CC[C@H](C(=O)O)C3)ccc21. The number of carbonyl (C=O) groups is 3. The Kier molecular flexibility index (Phi) is 4.55. The molecular weight excluding hydrogens is 308 g/mol. The average molecular weight is 330 g/mol. The maximum atomic E-state index is 12.4. The minimum Gasteiger partial charge on any atom is -0.481 e. The third-order valence-electron chi connectivity index (χ3n) is 5.00. The fourth-order valence-corrected chi connectivity index (χ4v) is 3.69. The monoisotopic (exact) mass is 330 g/mol. The Balaban J connectivity index is 1.69. The predicted octanol–water partition coefficient (Wildman–Crippen LogP) is 2.43. The summed E-state index contributed by atoms with van der Waals surface area (Å²) in [6.45, 7) is 2.29. The van der Waals surface area contributed by atoms with Crippen molar-refractivity contribution in [3.05, 3.63) is 23.8 Å². The smallest absolute Gasteiger partial charge is 0.306 e. The van der Waals surface area contributed by atoms with Gasteiger partial charge in [0.2, 0.25) is 11.8 Å². The third-order valence-corrected chi connectivity index (χ3v) is 5.00. The van der Waals surface area contributed by atoms with Gasteiger partial charge in [0.15, 0.2) is 0 Å². The summed E-state index contributed by atoms with van der Waals surface area (Å²) in [6, 6.07) is 5.60. The quantitative estimate of drug-likeness (QED) is 0.891. The number of aryl methyl sites for hydroxylation is 1. The van der Waals surface area contributed by atoms with Crippen molar-refractivity contribution in [2.75, 3.05) is 16.8 Å². The van der Waals surface area contributed by atoms with E-state index in [2.05, 4.69) is 5.32 Å². The summed E-state index contributed by atoms with van der Waals surface area (Å²) in [5.41, 5.74) is 2.69. The molecule has 0 radical (unpaired) electrons. The molecule has 128 valence electrons. The number of aliphatic carboxylic acids is 1. The highest BCUT2D eigenvalue weighted by Crippen LogP contribution is 2.33. The zero-order valence-corrected chi connectivity index (χ0v) is 13.7. The molecule has 2 aliphatic rings. The molecule has 0 unspecified atom stereocenters. The van der Waals surface area contributed by atoms with Gasteiger partial charge in [-0.05, 0) is 55.9 Å². The highest BCUT2D eigenvalue weighted by atomic mass is 16.4. The normalized spacial score (nSPS) is 22.8. The van der Waals surface area contributed by atoms with Crippen LogP contribution in [0.5, 0.6) is 0 Å². The molecule has 1 aliphatic carbocycles. The van der Waals surface area contributed by atoms with E-state index in [1.807, 2.05) is 18.2 Å². The van der Waals surface area contributed by atoms with E-state index in [0.29, 0.717) is 24.9 Å². The minimum atomic E-state index is -0.816. The second-order valence-corrected chi connectivity index (χ2v) is 6.65. The lowest BCUT2D eigenvalue weighted by atomic mass is 10.0. The fraction of sp³-hybridized carbons (Fsp3) is 0.500. The number of nitrogens with zero attached hydrogens (tertiary/aromatic N) is 1. The Hall–Kier alpha value is -2.37. The summed E-state index contributed by atoms with van der Waals surface area (Å²) in [5.74, 6) is -1.55. The number of hydrogen-bond donors (Lipinski definition) is 2. The van der Waals surface area contributed by atoms with Crippen molar-refractivity contribution >= 4 is 29.2 Å². The number of hydrogen-bond acceptors (Lipinski definition) is 3. The molecule has 3 rings (SSSR count). The number of carbonyl (C=O) groups excluding carboxylic acids is 2. The Bertz CT molecular complexity index is 686. The Labute approximate surface area is 140 Å². The molecule has 1 aromatic carbocycles. The lowest BCUT2D eigenvalue weighted by Gasteiger charge is -2.29. The van der Waals surface area contributed by atoms with E-state index in [-0.39, 0.29) is 17.7 Å². The zero-order valence-electron chi connectivity index (χ0n) is 13.7. The molecule has 2 N–H and O–H groups in total. The van der Waals surface area contributed by atoms with Crippen LogP contribution in [0, 0.1) is 11.8 Å². The minimum absolute atomic E-state index is 0.0263. The van der Waals surface area contributed by atoms with E-state index in [9.17, 15) is 14.4 Å². The van der Waals surface area contributed by atoms with Gasteiger partial charge < -0.3 is 15.3 Å². The van der Waals surface area contributed by atoms with Gasteiger partial charge in [0.05, 0.1) is 5.92 Å². The number of rotatable bonds is 3. The van der Waals surface area contributed by atoms with Crippen LogP contribution in [0.25, 0.3) is 0 Å². The largest absolute Gasteiger partial charge is 0.481 e. The van der Waals surface area contributed by atoms with Crippen molar-refractivity contribution in [2.24, 2.45) is 11.8 Å². The zero-order chi connectivity index (χ0) is 17.3. The van der Waals surface area contributed by atoms with E-state index < -0.39 is 11.9 Å². The topological polar surface area (TPSA) is 86.7 Å². The fourth-order valence-electron chi connectivity index (χ4n) is 3.69. The van der Waals surface area contributed by atoms with Gasteiger partial charge in [-0.3, -0.25) is 14.4 Å². The summed E-state index contributed by atoms with van der Waals surface area (Å²) >= 11 is 0. The molecule has 1 aliphatic heterocycles. The van der Waals surface area contributed by atoms with Gasteiger partial charge in [-0.15, -0.1) is 0 Å². The first-order valence-corrected chi connectivity index (χ1v) is 8.40. The molecule has 1 aromatic rings. The third kappa shape index (κ3) is 3.27. The van der Waals surface area contributed by atoms with Crippen molar-refractivity contribution in [1.82, 2.24) is 0 Å². The molecule has 0 saturated heterocycles. The van der Waals surface area contributed by atoms with Crippen molar-refractivity contribution in [2.45, 2.75) is 39.0 Å². The molecule has 1 heterocycles. The van der Waals surface area contributed by atoms with Crippen LogP contribution in [-0.2, 0) is 20.8 Å². The van der Waals surface area contributed by atoms with Crippen LogP contribution in [0.2, 0.25) is 0 Å². The second kappa shape index (κ2) is 6.63. The van der Waals surface area contributed by atoms with E-state index in [1.165, 1.54) is 0 Å². The molecule has 6 nitrogen and oxygen atoms in total. The molecule has 0 bridgehead atoms. The highest BCUT2D eigenvalue weighted by Gasteiger charge is 2.34. The molecule has 0 spiro atoms. The lowest BCUT2D eigenvalue weighted by Crippen LogP contribution is -2.33. The van der Waals surface area contributed by atoms with Gasteiger partial charge in [-0.2, -0.15) is 0 Å². The Morgan fingerprint density at radius 3 is 2.62 bits per heavy atom. The molecule has 1 fully saturated rings. The number of carboxylic acid groups (broad SMARTS) is 1. The first-order chi connectivity index (χ1) is 11.5. The number of nitrogens with one attached hydrogen (secondary N) is 1. The van der Waals surface area contributed by atoms with Gasteiger partial charge in [-0.25, -0.2) is 0 Å². The number of benzene rings is 1. The maximum Gasteiger partial charge on any atom is 0.306 e. The van der Waals surface area contributed by atoms with Gasteiger partial charge in [0.1, 0.15) is 0 Å². The van der Waals surface area contributed by atoms with Crippen LogP contribution in [0.15, 0.2) is 18.2 Å². The molecular formula is C18H22N2O4. The van der Waals surface area contributed by atoms with Crippen LogP contribution in [-0.4, -0.2) is 29.4 Å². The molecule has 0 aromatic heterocycles. The van der Waals surface area contributed by atoms with E-state index in [1.54, 1.807) is 11.8 Å². The number of amides is 2. The Morgan fingerprint density at radius 2 is 1.96 bits per heavy atom. The van der Waals surface area contributed by atoms with Gasteiger partial charge >= 0.3 is 5.97 Å². The van der Waals surface area contributed by atoms with Crippen LogP contribution < -0.4 is 10.2 Å². The number of anilines is 2. The summed E-state index contributed by atoms with van der Waals surface area (Å²) < 4.78 is 0. The Morgan fingerprint density at radius 1 is 1.21 bits per heavy atom. The van der Waals surface area contributed by atoms with Gasteiger partial charge in [0, 0.05) is 30.8 Å². The van der Waals surface area contributed by atoms with Crippen molar-refractivity contribution in [1.29, 1.82) is 0 Å². The van der Waals surface area contributed by atoms with Crippen LogP contribution >= 0.6 is 0 Å². The van der Waals surface area contributed by atoms with Gasteiger partial charge in [-0.1, -0.05) is 0 Å². The number of fused-ring (bicyclic) bond motifs is 1. The summed E-state index contributed by atoms with van der Waals surface area (Å²) in [7, 11) is 0. The highest BCUT2D eigenvalue weighted by molar-refractivity contribution is 5.95. The van der Waals surface area contributed by atoms with Crippen molar-refractivity contribution < 1.29 is 19.5 Å². The van der Waals surface area contributed by atoms with E-state index in [4.69, 9.17) is 5.11 Å². The first-order valence-electron chi connectivity index (χ1n) is 8.40. The van der Waals surface area contributed by atoms with E-state index in [0.717, 1.165) is 30.6 Å². The molecule has 6 heteroatoms. The number of carboxylic acids is 1. The molecule has 1 saturated carbocycles. The second-order valence-electron chi connectivity index (χ2n) is 6.65. The van der Waals surface area contributed by atoms with Gasteiger partial charge in [0.25, 0.3) is 0 Å². The summed E-state index contributed by atoms with van der Waals surface area (Å²) in [5, 5.41) is 11.9. The van der Waals surface area contributed by atoms with E-state index >= 15 is 0 Å². The lowest BCUT2D eigenvalue weighted by molar-refractivity contribution is -0.141. The summed E-state index contributed by atoms with van der Waals surface area (Å²) in [4.78, 5) is 36.8. The first kappa shape index (κ1) is 16.5. The summed E-state index contributed by atoms with van der Waals surface area (Å²) in [6.07, 6.45) is 3.38. The van der Waals surface area contributed by atoms with Crippen LogP contribution in [0.3, 0.4) is 0 Å². The van der Waals surface area contributed by atoms with Crippen LogP contribution in [0.1, 0.15) is 38.2 Å². The molecule has 2 amide bonds. The average Bonchev–Trinajstić information content (AvgIpc) is 3.04. The van der Waals surface area contributed by atoms with Crippen molar-refractivity contribution in [3.8, 4) is 0 Å². The standard InChI is InChI=1S/C18H22N2O4/c1-11(21)20-8-2-3-12-10-15(6-7-16(12)20)19-17(22)13-4-5-14(9-13)18(23)24/h6-7,10,13-14H,2-5,8-9H2,1H3,(H,19,22)(H,23,24)/t13-,14+/m1/s1. The molecule has 24 heavy (non-hydrogen) atoms.